The van der Waals surface area contributed by atoms with Crippen LogP contribution < -0.4 is 5.32 Å². The zero-order valence-corrected chi connectivity index (χ0v) is 14.5. The topological polar surface area (TPSA) is 15.3 Å². The van der Waals surface area contributed by atoms with Gasteiger partial charge in [-0.1, -0.05) is 34.6 Å². The zero-order chi connectivity index (χ0) is 14.9. The van der Waals surface area contributed by atoms with Crippen LogP contribution in [0.25, 0.3) is 0 Å². The summed E-state index contributed by atoms with van der Waals surface area (Å²) in [4.78, 5) is 2.86. The van der Waals surface area contributed by atoms with E-state index in [1.165, 1.54) is 25.8 Å². The monoisotopic (exact) mass is 280 g/mol. The molecule has 1 saturated carbocycles. The molecule has 1 aliphatic carbocycles. The minimum absolute atomic E-state index is 0.693. The van der Waals surface area contributed by atoms with Crippen LogP contribution >= 0.6 is 0 Å². The minimum atomic E-state index is 0.693. The number of likely N-dealkylation sites (tertiary alicyclic amines) is 1. The summed E-state index contributed by atoms with van der Waals surface area (Å²) in [5.74, 6) is 3.39. The Hall–Kier alpha value is -0.0800. The third-order valence-corrected chi connectivity index (χ3v) is 5.92. The molecule has 2 fully saturated rings. The van der Waals surface area contributed by atoms with E-state index in [9.17, 15) is 0 Å². The summed E-state index contributed by atoms with van der Waals surface area (Å²) in [6.07, 6.45) is 4.16. The number of nitrogens with zero attached hydrogens (tertiary/aromatic N) is 1. The Labute approximate surface area is 126 Å². The standard InChI is InChI=1S/C18H36N2/c1-7-19-17-10-12(2)8-15(5)18(17)20-11-13(3)9-14(4)16(20)6/h12-19H,7-11H2,1-6H3. The Morgan fingerprint density at radius 3 is 2.20 bits per heavy atom. The van der Waals surface area contributed by atoms with Gasteiger partial charge in [-0.3, -0.25) is 4.90 Å². The van der Waals surface area contributed by atoms with E-state index in [4.69, 9.17) is 0 Å². The van der Waals surface area contributed by atoms with Gasteiger partial charge in [0.05, 0.1) is 0 Å². The Morgan fingerprint density at radius 1 is 0.900 bits per heavy atom. The summed E-state index contributed by atoms with van der Waals surface area (Å²) >= 11 is 0. The number of likely N-dealkylation sites (N-methyl/N-ethyl adjacent to an activating group) is 1. The predicted molar refractivity (Wildman–Crippen MR) is 87.9 cm³/mol. The van der Waals surface area contributed by atoms with Crippen molar-refractivity contribution in [2.24, 2.45) is 23.7 Å². The normalized spacial score (nSPS) is 47.4. The van der Waals surface area contributed by atoms with Crippen molar-refractivity contribution in [1.82, 2.24) is 10.2 Å². The van der Waals surface area contributed by atoms with Gasteiger partial charge in [0.25, 0.3) is 0 Å². The minimum Gasteiger partial charge on any atom is -0.313 e. The fraction of sp³-hybridized carbons (Fsp3) is 1.00. The van der Waals surface area contributed by atoms with Gasteiger partial charge < -0.3 is 5.32 Å². The van der Waals surface area contributed by atoms with Gasteiger partial charge in [0.2, 0.25) is 0 Å². The van der Waals surface area contributed by atoms with Crippen LogP contribution in [-0.2, 0) is 0 Å². The van der Waals surface area contributed by atoms with E-state index >= 15 is 0 Å². The third-order valence-electron chi connectivity index (χ3n) is 5.92. The van der Waals surface area contributed by atoms with Crippen LogP contribution in [0.5, 0.6) is 0 Å². The van der Waals surface area contributed by atoms with Gasteiger partial charge >= 0.3 is 0 Å². The predicted octanol–water partition coefficient (Wildman–Crippen LogP) is 3.77. The van der Waals surface area contributed by atoms with Crippen molar-refractivity contribution in [3.63, 3.8) is 0 Å². The fourth-order valence-corrected chi connectivity index (χ4v) is 5.02. The molecule has 0 aromatic carbocycles. The lowest BCUT2D eigenvalue weighted by molar-refractivity contribution is -0.0186. The maximum Gasteiger partial charge on any atom is 0.0278 e. The van der Waals surface area contributed by atoms with Gasteiger partial charge in [-0.2, -0.15) is 0 Å². The number of nitrogens with one attached hydrogen (secondary N) is 1. The summed E-state index contributed by atoms with van der Waals surface area (Å²) in [5, 5.41) is 3.80. The number of hydrogen-bond acceptors (Lipinski definition) is 2. The third kappa shape index (κ3) is 3.39. The van der Waals surface area contributed by atoms with E-state index in [0.29, 0.717) is 6.04 Å². The Kier molecular flexibility index (Phi) is 5.53. The fourth-order valence-electron chi connectivity index (χ4n) is 5.02. The van der Waals surface area contributed by atoms with Crippen LogP contribution in [0, 0.1) is 23.7 Å². The molecular weight excluding hydrogens is 244 g/mol. The van der Waals surface area contributed by atoms with Crippen molar-refractivity contribution in [3.05, 3.63) is 0 Å². The van der Waals surface area contributed by atoms with Crippen molar-refractivity contribution < 1.29 is 0 Å². The highest BCUT2D eigenvalue weighted by atomic mass is 15.2. The molecule has 0 aromatic rings. The molecule has 0 amide bonds. The average molecular weight is 280 g/mol. The highest BCUT2D eigenvalue weighted by Gasteiger charge is 2.42. The average Bonchev–Trinajstić information content (AvgIpc) is 2.34. The summed E-state index contributed by atoms with van der Waals surface area (Å²) < 4.78 is 0. The number of rotatable bonds is 3. The SMILES string of the molecule is CCNC1CC(C)CC(C)C1N1CC(C)CC(C)C1C. The van der Waals surface area contributed by atoms with Crippen molar-refractivity contribution in [2.75, 3.05) is 13.1 Å². The molecule has 2 nitrogen and oxygen atoms in total. The van der Waals surface area contributed by atoms with Gasteiger partial charge in [-0.15, -0.1) is 0 Å². The Bertz CT molecular complexity index is 304. The Balaban J connectivity index is 2.17. The molecule has 118 valence electrons. The molecule has 0 bridgehead atoms. The molecule has 2 rings (SSSR count). The van der Waals surface area contributed by atoms with E-state index in [-0.39, 0.29) is 0 Å². The molecule has 2 aliphatic rings. The molecule has 20 heavy (non-hydrogen) atoms. The van der Waals surface area contributed by atoms with Gasteiger partial charge in [-0.25, -0.2) is 0 Å². The van der Waals surface area contributed by atoms with Gasteiger partial charge in [0.15, 0.2) is 0 Å². The molecule has 1 N–H and O–H groups in total. The molecule has 0 spiro atoms. The largest absolute Gasteiger partial charge is 0.313 e. The van der Waals surface area contributed by atoms with E-state index in [1.807, 2.05) is 0 Å². The van der Waals surface area contributed by atoms with Crippen LogP contribution in [-0.4, -0.2) is 36.1 Å². The first-order chi connectivity index (χ1) is 9.43. The smallest absolute Gasteiger partial charge is 0.0278 e. The summed E-state index contributed by atoms with van der Waals surface area (Å²) in [5.41, 5.74) is 0. The van der Waals surface area contributed by atoms with Crippen molar-refractivity contribution in [2.45, 2.75) is 78.9 Å². The lowest BCUT2D eigenvalue weighted by Gasteiger charge is -2.52. The van der Waals surface area contributed by atoms with Crippen LogP contribution in [0.15, 0.2) is 0 Å². The second kappa shape index (κ2) is 6.79. The van der Waals surface area contributed by atoms with E-state index < -0.39 is 0 Å². The van der Waals surface area contributed by atoms with Crippen LogP contribution in [0.4, 0.5) is 0 Å². The van der Waals surface area contributed by atoms with Gasteiger partial charge in [0.1, 0.15) is 0 Å². The van der Waals surface area contributed by atoms with Crippen LogP contribution in [0.1, 0.15) is 60.8 Å². The second-order valence-electron chi connectivity index (χ2n) is 7.96. The molecule has 2 heteroatoms. The zero-order valence-electron chi connectivity index (χ0n) is 14.5. The first-order valence-electron chi connectivity index (χ1n) is 8.93. The summed E-state index contributed by atoms with van der Waals surface area (Å²) in [7, 11) is 0. The maximum absolute atomic E-state index is 3.80. The Morgan fingerprint density at radius 2 is 1.55 bits per heavy atom. The molecule has 0 radical (unpaired) electrons. The van der Waals surface area contributed by atoms with Crippen molar-refractivity contribution in [1.29, 1.82) is 0 Å². The second-order valence-corrected chi connectivity index (χ2v) is 7.96. The highest BCUT2D eigenvalue weighted by Crippen LogP contribution is 2.37. The van der Waals surface area contributed by atoms with Gasteiger partial charge in [-0.05, 0) is 56.4 Å². The van der Waals surface area contributed by atoms with E-state index in [0.717, 1.165) is 42.3 Å². The van der Waals surface area contributed by atoms with E-state index in [2.05, 4.69) is 51.8 Å². The molecule has 1 saturated heterocycles. The lowest BCUT2D eigenvalue weighted by Crippen LogP contribution is -2.62. The summed E-state index contributed by atoms with van der Waals surface area (Å²) in [6, 6.07) is 2.18. The van der Waals surface area contributed by atoms with Gasteiger partial charge in [0, 0.05) is 24.7 Å². The van der Waals surface area contributed by atoms with Crippen LogP contribution in [0.3, 0.4) is 0 Å². The van der Waals surface area contributed by atoms with Crippen molar-refractivity contribution >= 4 is 0 Å². The first-order valence-corrected chi connectivity index (χ1v) is 8.93. The maximum atomic E-state index is 3.80. The number of hydrogen-bond donors (Lipinski definition) is 1. The lowest BCUT2D eigenvalue weighted by atomic mass is 9.73. The quantitative estimate of drug-likeness (QED) is 0.846. The highest BCUT2D eigenvalue weighted by molar-refractivity contribution is 4.98. The van der Waals surface area contributed by atoms with E-state index in [1.54, 1.807) is 0 Å². The number of piperidine rings is 1. The summed E-state index contributed by atoms with van der Waals surface area (Å²) in [6.45, 7) is 16.9. The molecular formula is C18H36N2. The molecule has 0 aromatic heterocycles. The molecule has 7 atom stereocenters. The van der Waals surface area contributed by atoms with Crippen molar-refractivity contribution in [3.8, 4) is 0 Å². The first kappa shape index (κ1) is 16.3. The molecule has 7 unspecified atom stereocenters. The molecule has 1 aliphatic heterocycles. The molecule has 1 heterocycles. The van der Waals surface area contributed by atoms with Crippen LogP contribution in [0.2, 0.25) is 0 Å².